The third-order valence-electron chi connectivity index (χ3n) is 4.64. The van der Waals surface area contributed by atoms with Crippen molar-refractivity contribution in [2.75, 3.05) is 33.4 Å². The van der Waals surface area contributed by atoms with E-state index in [2.05, 4.69) is 30.1 Å². The Morgan fingerprint density at radius 3 is 2.48 bits per heavy atom. The van der Waals surface area contributed by atoms with Gasteiger partial charge in [-0.25, -0.2) is 0 Å². The van der Waals surface area contributed by atoms with Crippen LogP contribution in [0.1, 0.15) is 31.9 Å². The second kappa shape index (κ2) is 7.30. The van der Waals surface area contributed by atoms with Crippen LogP contribution in [0.25, 0.3) is 0 Å². The molecule has 3 nitrogen and oxygen atoms in total. The molecule has 2 unspecified atom stereocenters. The quantitative estimate of drug-likeness (QED) is 0.889. The number of likely N-dealkylation sites (N-methyl/N-ethyl adjacent to an activating group) is 1. The summed E-state index contributed by atoms with van der Waals surface area (Å²) in [5.41, 5.74) is 1.18. The Labute approximate surface area is 137 Å². The first-order valence-electron chi connectivity index (χ1n) is 7.48. The molecule has 5 heteroatoms. The molecular weight excluding hydrogens is 307 g/mol. The van der Waals surface area contributed by atoms with E-state index >= 15 is 0 Å². The highest BCUT2D eigenvalue weighted by molar-refractivity contribution is 6.42. The SMILES string of the molecule is CCC(C)(C(NC)c1ccc(Cl)c(Cl)c1)N1CCOCC1. The van der Waals surface area contributed by atoms with Gasteiger partial charge in [0.25, 0.3) is 0 Å². The lowest BCUT2D eigenvalue weighted by Gasteiger charge is -2.48. The molecule has 0 amide bonds. The number of halogens is 2. The first-order chi connectivity index (χ1) is 10.0. The Balaban J connectivity index is 2.33. The normalized spacial score (nSPS) is 21.0. The van der Waals surface area contributed by atoms with Gasteiger partial charge in [0.2, 0.25) is 0 Å². The molecule has 21 heavy (non-hydrogen) atoms. The van der Waals surface area contributed by atoms with Crippen LogP contribution in [-0.4, -0.2) is 43.8 Å². The van der Waals surface area contributed by atoms with Crippen LogP contribution in [0.3, 0.4) is 0 Å². The summed E-state index contributed by atoms with van der Waals surface area (Å²) < 4.78 is 5.49. The highest BCUT2D eigenvalue weighted by Gasteiger charge is 2.39. The highest BCUT2D eigenvalue weighted by Crippen LogP contribution is 2.36. The minimum atomic E-state index is 0.00961. The van der Waals surface area contributed by atoms with Gasteiger partial charge in [-0.2, -0.15) is 0 Å². The molecule has 0 bridgehead atoms. The van der Waals surface area contributed by atoms with Crippen LogP contribution < -0.4 is 5.32 Å². The lowest BCUT2D eigenvalue weighted by molar-refractivity contribution is -0.0319. The molecule has 1 aliphatic heterocycles. The van der Waals surface area contributed by atoms with E-state index in [1.165, 1.54) is 5.56 Å². The predicted octanol–water partition coefficient (Wildman–Crippen LogP) is 3.75. The molecule has 0 saturated carbocycles. The maximum absolute atomic E-state index is 6.20. The smallest absolute Gasteiger partial charge is 0.0595 e. The minimum absolute atomic E-state index is 0.00961. The van der Waals surface area contributed by atoms with Crippen LogP contribution in [-0.2, 0) is 4.74 Å². The summed E-state index contributed by atoms with van der Waals surface area (Å²) >= 11 is 12.2. The van der Waals surface area contributed by atoms with Crippen molar-refractivity contribution >= 4 is 23.2 Å². The van der Waals surface area contributed by atoms with Gasteiger partial charge in [0.05, 0.1) is 29.3 Å². The van der Waals surface area contributed by atoms with E-state index in [1.807, 2.05) is 19.2 Å². The monoisotopic (exact) mass is 330 g/mol. The van der Waals surface area contributed by atoms with E-state index in [0.717, 1.165) is 32.7 Å². The van der Waals surface area contributed by atoms with Crippen molar-refractivity contribution in [2.24, 2.45) is 0 Å². The Morgan fingerprint density at radius 1 is 1.29 bits per heavy atom. The van der Waals surface area contributed by atoms with Crippen LogP contribution in [0.2, 0.25) is 10.0 Å². The Bertz CT molecular complexity index is 477. The number of nitrogens with zero attached hydrogens (tertiary/aromatic N) is 1. The molecule has 1 fully saturated rings. The maximum Gasteiger partial charge on any atom is 0.0595 e. The molecule has 1 aromatic rings. The molecule has 0 aromatic heterocycles. The molecule has 1 N–H and O–H groups in total. The van der Waals surface area contributed by atoms with Gasteiger partial charge in [0.15, 0.2) is 0 Å². The maximum atomic E-state index is 6.20. The van der Waals surface area contributed by atoms with E-state index < -0.39 is 0 Å². The zero-order valence-corrected chi connectivity index (χ0v) is 14.5. The number of ether oxygens (including phenoxy) is 1. The second-order valence-corrected chi connectivity index (χ2v) is 6.52. The van der Waals surface area contributed by atoms with Crippen LogP contribution in [0.5, 0.6) is 0 Å². The average Bonchev–Trinajstić information content (AvgIpc) is 2.52. The van der Waals surface area contributed by atoms with Crippen molar-refractivity contribution in [3.63, 3.8) is 0 Å². The zero-order valence-electron chi connectivity index (χ0n) is 13.0. The third kappa shape index (κ3) is 3.54. The number of nitrogens with one attached hydrogen (secondary N) is 1. The molecule has 0 aliphatic carbocycles. The van der Waals surface area contributed by atoms with Crippen LogP contribution >= 0.6 is 23.2 Å². The number of hydrogen-bond acceptors (Lipinski definition) is 3. The van der Waals surface area contributed by atoms with Gasteiger partial charge in [0, 0.05) is 18.6 Å². The highest BCUT2D eigenvalue weighted by atomic mass is 35.5. The molecule has 2 rings (SSSR count). The van der Waals surface area contributed by atoms with Crippen molar-refractivity contribution in [2.45, 2.75) is 31.8 Å². The average molecular weight is 331 g/mol. The van der Waals surface area contributed by atoms with Gasteiger partial charge in [-0.05, 0) is 38.1 Å². The molecule has 0 radical (unpaired) electrons. The largest absolute Gasteiger partial charge is 0.379 e. The Hall–Kier alpha value is -0.320. The summed E-state index contributed by atoms with van der Waals surface area (Å²) in [6.07, 6.45) is 1.04. The summed E-state index contributed by atoms with van der Waals surface area (Å²) in [4.78, 5) is 2.51. The zero-order chi connectivity index (χ0) is 15.5. The van der Waals surface area contributed by atoms with E-state index in [0.29, 0.717) is 10.0 Å². The third-order valence-corrected chi connectivity index (χ3v) is 5.38. The molecule has 1 saturated heterocycles. The van der Waals surface area contributed by atoms with E-state index in [4.69, 9.17) is 27.9 Å². The van der Waals surface area contributed by atoms with E-state index in [-0.39, 0.29) is 11.6 Å². The topological polar surface area (TPSA) is 24.5 Å². The van der Waals surface area contributed by atoms with E-state index in [9.17, 15) is 0 Å². The molecule has 0 spiro atoms. The summed E-state index contributed by atoms with van der Waals surface area (Å²) in [6.45, 7) is 8.06. The lowest BCUT2D eigenvalue weighted by atomic mass is 9.82. The van der Waals surface area contributed by atoms with Crippen LogP contribution in [0, 0.1) is 0 Å². The fourth-order valence-corrected chi connectivity index (χ4v) is 3.52. The number of morpholine rings is 1. The standard InChI is InChI=1S/C16H24Cl2N2O/c1-4-16(2,20-7-9-21-10-8-20)15(19-3)12-5-6-13(17)14(18)11-12/h5-6,11,15,19H,4,7-10H2,1-3H3. The lowest BCUT2D eigenvalue weighted by Crippen LogP contribution is -2.57. The molecular formula is C16H24Cl2N2O. The van der Waals surface area contributed by atoms with Crippen LogP contribution in [0.4, 0.5) is 0 Å². The molecule has 1 aromatic carbocycles. The summed E-state index contributed by atoms with van der Waals surface area (Å²) in [5.74, 6) is 0. The van der Waals surface area contributed by atoms with Crippen molar-refractivity contribution in [1.82, 2.24) is 10.2 Å². The van der Waals surface area contributed by atoms with Gasteiger partial charge in [0.1, 0.15) is 0 Å². The predicted molar refractivity (Wildman–Crippen MR) is 89.4 cm³/mol. The Morgan fingerprint density at radius 2 is 1.95 bits per heavy atom. The number of rotatable bonds is 5. The molecule has 1 aliphatic rings. The molecule has 2 atom stereocenters. The summed E-state index contributed by atoms with van der Waals surface area (Å²) in [6, 6.07) is 6.10. The minimum Gasteiger partial charge on any atom is -0.379 e. The number of benzene rings is 1. The van der Waals surface area contributed by atoms with Gasteiger partial charge in [-0.1, -0.05) is 36.2 Å². The van der Waals surface area contributed by atoms with Crippen LogP contribution in [0.15, 0.2) is 18.2 Å². The van der Waals surface area contributed by atoms with Crippen molar-refractivity contribution in [1.29, 1.82) is 0 Å². The fourth-order valence-electron chi connectivity index (χ4n) is 3.21. The second-order valence-electron chi connectivity index (χ2n) is 5.71. The van der Waals surface area contributed by atoms with E-state index in [1.54, 1.807) is 0 Å². The van der Waals surface area contributed by atoms with Gasteiger partial charge < -0.3 is 10.1 Å². The van der Waals surface area contributed by atoms with Gasteiger partial charge in [-0.3, -0.25) is 4.90 Å². The van der Waals surface area contributed by atoms with Crippen molar-refractivity contribution in [3.8, 4) is 0 Å². The fraction of sp³-hybridized carbons (Fsp3) is 0.625. The molecule has 1 heterocycles. The first-order valence-corrected chi connectivity index (χ1v) is 8.23. The number of hydrogen-bond donors (Lipinski definition) is 1. The van der Waals surface area contributed by atoms with Gasteiger partial charge >= 0.3 is 0 Å². The first kappa shape index (κ1) is 17.0. The molecule has 118 valence electrons. The van der Waals surface area contributed by atoms with Crippen molar-refractivity contribution in [3.05, 3.63) is 33.8 Å². The summed E-state index contributed by atoms with van der Waals surface area (Å²) in [7, 11) is 2.00. The van der Waals surface area contributed by atoms with Crippen molar-refractivity contribution < 1.29 is 4.74 Å². The van der Waals surface area contributed by atoms with Gasteiger partial charge in [-0.15, -0.1) is 0 Å². The Kier molecular flexibility index (Phi) is 5.92. The summed E-state index contributed by atoms with van der Waals surface area (Å²) in [5, 5.41) is 4.67.